The molecule has 4 rings (SSSR count). The first kappa shape index (κ1) is 29.5. The number of rotatable bonds is 10. The van der Waals surface area contributed by atoms with E-state index in [1.54, 1.807) is 0 Å². The van der Waals surface area contributed by atoms with Crippen molar-refractivity contribution < 1.29 is 47.9 Å². The van der Waals surface area contributed by atoms with Gasteiger partial charge in [-0.05, 0) is 48.5 Å². The molecule has 220 valence electrons. The molecular weight excluding hydrogens is 574 g/mol. The molecule has 0 fully saturated rings. The van der Waals surface area contributed by atoms with Crippen molar-refractivity contribution >= 4 is 29.4 Å². The van der Waals surface area contributed by atoms with Gasteiger partial charge in [-0.25, -0.2) is 9.59 Å². The monoisotopic (exact) mass is 594 g/mol. The van der Waals surface area contributed by atoms with E-state index in [9.17, 15) is 24.9 Å². The number of benzene rings is 3. The number of aromatic hydroxyl groups is 1. The highest BCUT2D eigenvalue weighted by molar-refractivity contribution is 5.96. The summed E-state index contributed by atoms with van der Waals surface area (Å²) < 4.78 is 47.6. The highest BCUT2D eigenvalue weighted by Gasteiger charge is 2.27. The summed E-state index contributed by atoms with van der Waals surface area (Å²) in [7, 11) is 0. The molecule has 0 unspecified atom stereocenters. The molecule has 0 aliphatic rings. The van der Waals surface area contributed by atoms with Crippen LogP contribution in [-0.4, -0.2) is 44.0 Å². The summed E-state index contributed by atoms with van der Waals surface area (Å²) in [5, 5.41) is 46.4. The fourth-order valence-electron chi connectivity index (χ4n) is 3.50. The van der Waals surface area contributed by atoms with Crippen molar-refractivity contribution in [2.75, 3.05) is 5.32 Å². The molecule has 0 aliphatic carbocycles. The summed E-state index contributed by atoms with van der Waals surface area (Å²) in [5.41, 5.74) is 10.0. The maximum Gasteiger partial charge on any atom is 0.335 e. The van der Waals surface area contributed by atoms with E-state index >= 15 is 8.78 Å². The van der Waals surface area contributed by atoms with Gasteiger partial charge in [0.1, 0.15) is 17.3 Å². The summed E-state index contributed by atoms with van der Waals surface area (Å²) in [6.45, 7) is 0. The molecule has 14 nitrogen and oxygen atoms in total. The Morgan fingerprint density at radius 2 is 1.42 bits per heavy atom. The number of carbonyl (C=O) groups is 2. The summed E-state index contributed by atoms with van der Waals surface area (Å²) in [5.74, 6) is -11.9. The number of phenolic OH excluding ortho intramolecular Hbond substituents is 1. The molecule has 1 aromatic heterocycles. The minimum Gasteiger partial charge on any atom is -0.504 e. The number of ether oxygens (including phenoxy) is 3. The van der Waals surface area contributed by atoms with E-state index < -0.39 is 81.3 Å². The number of carboxylic acid groups (broad SMARTS) is 2. The Hall–Kier alpha value is -6.45. The van der Waals surface area contributed by atoms with E-state index in [1.807, 2.05) is 0 Å². The van der Waals surface area contributed by atoms with Crippen LogP contribution in [0, 0.1) is 22.5 Å². The molecule has 0 spiro atoms. The molecular formula is C27H20F2N6O8. The number of nitrogens with two attached hydrogens (primary N) is 2. The van der Waals surface area contributed by atoms with Crippen molar-refractivity contribution in [1.29, 1.82) is 10.8 Å². The summed E-state index contributed by atoms with van der Waals surface area (Å²) in [6, 6.07) is 11.5. The number of guanidine groups is 1. The van der Waals surface area contributed by atoms with E-state index in [2.05, 4.69) is 10.3 Å². The van der Waals surface area contributed by atoms with Gasteiger partial charge in [0.25, 0.3) is 11.8 Å². The van der Waals surface area contributed by atoms with Gasteiger partial charge in [-0.2, -0.15) is 13.8 Å². The second-order valence-corrected chi connectivity index (χ2v) is 8.50. The van der Waals surface area contributed by atoms with Crippen molar-refractivity contribution in [3.05, 3.63) is 89.0 Å². The molecule has 1 heterocycles. The number of halogens is 2. The van der Waals surface area contributed by atoms with Crippen LogP contribution in [0.15, 0.2) is 60.7 Å². The number of carboxylic acids is 2. The van der Waals surface area contributed by atoms with Crippen molar-refractivity contribution in [2.45, 2.75) is 0 Å². The molecule has 0 saturated heterocycles. The molecule has 16 heteroatoms. The number of aromatic carboxylic acids is 2. The molecule has 0 saturated carbocycles. The van der Waals surface area contributed by atoms with Crippen LogP contribution in [0.5, 0.6) is 40.5 Å². The molecule has 43 heavy (non-hydrogen) atoms. The quantitative estimate of drug-likeness (QED) is 0.0938. The lowest BCUT2D eigenvalue weighted by molar-refractivity contribution is 0.0696. The Morgan fingerprint density at radius 3 is 2.00 bits per heavy atom. The lowest BCUT2D eigenvalue weighted by atomic mass is 10.1. The topological polar surface area (TPSA) is 247 Å². The van der Waals surface area contributed by atoms with Crippen LogP contribution in [0.3, 0.4) is 0 Å². The molecule has 0 bridgehead atoms. The van der Waals surface area contributed by atoms with Gasteiger partial charge >= 0.3 is 11.9 Å². The first-order valence-electron chi connectivity index (χ1n) is 11.7. The van der Waals surface area contributed by atoms with Gasteiger partial charge in [-0.15, -0.1) is 0 Å². The second kappa shape index (κ2) is 12.0. The number of anilines is 1. The number of phenols is 1. The van der Waals surface area contributed by atoms with E-state index in [0.29, 0.717) is 0 Å². The SMILES string of the molecule is N=C(N)Nc1cccc(Oc2nc(Oc3cc(C(=N)N)ccc3O)c(F)c(Oc3cc(C(=O)O)cc(C(=O)O)c3)c2F)c1. The second-order valence-electron chi connectivity index (χ2n) is 8.50. The number of hydrogen-bond donors (Lipinski definition) is 8. The van der Waals surface area contributed by atoms with Crippen LogP contribution < -0.4 is 31.0 Å². The van der Waals surface area contributed by atoms with Crippen molar-refractivity contribution in [2.24, 2.45) is 11.5 Å². The summed E-state index contributed by atoms with van der Waals surface area (Å²) in [6.07, 6.45) is 0. The Morgan fingerprint density at radius 1 is 0.791 bits per heavy atom. The minimum absolute atomic E-state index is 0.0738. The number of hydrogen-bond acceptors (Lipinski definition) is 9. The van der Waals surface area contributed by atoms with E-state index in [-0.39, 0.29) is 17.0 Å². The number of aromatic nitrogens is 1. The smallest absolute Gasteiger partial charge is 0.335 e. The summed E-state index contributed by atoms with van der Waals surface area (Å²) >= 11 is 0. The Bertz CT molecular complexity index is 1770. The Labute approximate surface area is 239 Å². The maximum absolute atomic E-state index is 15.7. The zero-order valence-corrected chi connectivity index (χ0v) is 21.5. The molecule has 0 amide bonds. The predicted octanol–water partition coefficient (Wildman–Crippen LogP) is 4.43. The van der Waals surface area contributed by atoms with Crippen molar-refractivity contribution in [3.63, 3.8) is 0 Å². The number of pyridine rings is 1. The van der Waals surface area contributed by atoms with Crippen LogP contribution >= 0.6 is 0 Å². The zero-order chi connectivity index (χ0) is 31.4. The average Bonchev–Trinajstić information content (AvgIpc) is 2.94. The number of nitrogens with one attached hydrogen (secondary N) is 3. The van der Waals surface area contributed by atoms with Gasteiger partial charge in [0, 0.05) is 17.3 Å². The molecule has 0 aliphatic heterocycles. The van der Waals surface area contributed by atoms with E-state index in [4.69, 9.17) is 36.5 Å². The van der Waals surface area contributed by atoms with Crippen molar-refractivity contribution in [1.82, 2.24) is 4.98 Å². The largest absolute Gasteiger partial charge is 0.504 e. The van der Waals surface area contributed by atoms with Gasteiger partial charge in [0.2, 0.25) is 17.4 Å². The molecule has 0 atom stereocenters. The molecule has 10 N–H and O–H groups in total. The Kier molecular flexibility index (Phi) is 8.22. The third-order valence-corrected chi connectivity index (χ3v) is 5.40. The number of amidine groups is 1. The van der Waals surface area contributed by atoms with E-state index in [0.717, 1.165) is 30.3 Å². The van der Waals surface area contributed by atoms with E-state index in [1.165, 1.54) is 30.3 Å². The van der Waals surface area contributed by atoms with Gasteiger partial charge in [0.05, 0.1) is 11.1 Å². The summed E-state index contributed by atoms with van der Waals surface area (Å²) in [4.78, 5) is 26.7. The number of nitrogens with zero attached hydrogens (tertiary/aromatic N) is 1. The lowest BCUT2D eigenvalue weighted by Crippen LogP contribution is -2.20. The van der Waals surface area contributed by atoms with Gasteiger partial charge in [-0.1, -0.05) is 6.07 Å². The standard InChI is InChI=1S/C27H20F2N6O8/c28-19-21(41-16-7-12(25(37)38)6-13(8-16)26(39)40)20(29)24(43-18-9-11(22(30)31)4-5-17(18)36)35-23(19)42-15-3-1-2-14(10-15)34-27(32)33/h1-10,36H,(H3,30,31)(H,37,38)(H,39,40)(H4,32,33,34). The van der Waals surface area contributed by atoms with Crippen LogP contribution in [0.4, 0.5) is 14.5 Å². The van der Waals surface area contributed by atoms with Crippen LogP contribution in [0.25, 0.3) is 0 Å². The maximum atomic E-state index is 15.7. The average molecular weight is 594 g/mol. The first-order chi connectivity index (χ1) is 20.3. The van der Waals surface area contributed by atoms with Crippen LogP contribution in [0.2, 0.25) is 0 Å². The van der Waals surface area contributed by atoms with Crippen LogP contribution in [0.1, 0.15) is 26.3 Å². The number of nitrogen functional groups attached to an aromatic ring is 1. The van der Waals surface area contributed by atoms with Crippen LogP contribution in [-0.2, 0) is 0 Å². The third-order valence-electron chi connectivity index (χ3n) is 5.40. The highest BCUT2D eigenvalue weighted by atomic mass is 19.1. The van der Waals surface area contributed by atoms with Gasteiger partial charge < -0.3 is 46.3 Å². The highest BCUT2D eigenvalue weighted by Crippen LogP contribution is 2.41. The molecule has 3 aromatic carbocycles. The minimum atomic E-state index is -1.60. The van der Waals surface area contributed by atoms with Gasteiger partial charge in [-0.3, -0.25) is 10.8 Å². The Balaban J connectivity index is 1.86. The normalized spacial score (nSPS) is 10.5. The lowest BCUT2D eigenvalue weighted by Gasteiger charge is -2.16. The molecule has 0 radical (unpaired) electrons. The van der Waals surface area contributed by atoms with Gasteiger partial charge in [0.15, 0.2) is 17.5 Å². The zero-order valence-electron chi connectivity index (χ0n) is 21.5. The first-order valence-corrected chi connectivity index (χ1v) is 11.7. The molecule has 4 aromatic rings. The fraction of sp³-hybridized carbons (Fsp3) is 0. The fourth-order valence-corrected chi connectivity index (χ4v) is 3.50. The van der Waals surface area contributed by atoms with Crippen molar-refractivity contribution in [3.8, 4) is 40.5 Å². The predicted molar refractivity (Wildman–Crippen MR) is 146 cm³/mol. The third kappa shape index (κ3) is 6.83.